The molecule has 0 N–H and O–H groups in total. The van der Waals surface area contributed by atoms with E-state index in [2.05, 4.69) is 20.9 Å². The lowest BCUT2D eigenvalue weighted by Gasteiger charge is -2.09. The maximum atomic E-state index is 13.8. The summed E-state index contributed by atoms with van der Waals surface area (Å²) >= 11 is 9.15. The molecule has 0 aliphatic carbocycles. The van der Waals surface area contributed by atoms with Gasteiger partial charge < -0.3 is 4.74 Å². The molecule has 0 aliphatic heterocycles. The summed E-state index contributed by atoms with van der Waals surface area (Å²) in [4.78, 5) is 4.46. The molecular weight excluding hydrogens is 359 g/mol. The summed E-state index contributed by atoms with van der Waals surface area (Å²) in [6.45, 7) is 0. The van der Waals surface area contributed by atoms with Crippen molar-refractivity contribution in [2.75, 3.05) is 7.11 Å². The molecule has 0 aliphatic rings. The number of ether oxygens (including phenoxy) is 1. The molecule has 0 fully saturated rings. The lowest BCUT2D eigenvalue weighted by atomic mass is 10.2. The van der Waals surface area contributed by atoms with Crippen molar-refractivity contribution in [3.63, 3.8) is 0 Å². The van der Waals surface area contributed by atoms with Crippen LogP contribution in [0.3, 0.4) is 0 Å². The van der Waals surface area contributed by atoms with Gasteiger partial charge >= 0.3 is 0 Å². The summed E-state index contributed by atoms with van der Waals surface area (Å²) in [5.41, 5.74) is 2.22. The third kappa shape index (κ3) is 2.51. The minimum absolute atomic E-state index is 0.236. The largest absolute Gasteiger partial charge is 0.497 e. The van der Waals surface area contributed by atoms with Crippen molar-refractivity contribution in [2.45, 2.75) is 5.88 Å². The Morgan fingerprint density at radius 3 is 2.62 bits per heavy atom. The first kappa shape index (κ1) is 14.4. The van der Waals surface area contributed by atoms with Crippen LogP contribution in [0.4, 0.5) is 4.39 Å². The number of aromatic nitrogens is 2. The molecule has 6 heteroatoms. The Balaban J connectivity index is 2.25. The molecule has 0 spiro atoms. The van der Waals surface area contributed by atoms with Crippen LogP contribution in [0.1, 0.15) is 5.82 Å². The minimum atomic E-state index is -0.335. The van der Waals surface area contributed by atoms with Crippen LogP contribution in [0.5, 0.6) is 5.75 Å². The average Bonchev–Trinajstić information content (AvgIpc) is 2.85. The number of alkyl halides is 1. The zero-order valence-electron chi connectivity index (χ0n) is 11.1. The standard InChI is InChI=1S/C15H11BrClFN2O/c1-21-10-4-2-9(3-5-10)20-14-7-12(18)11(16)6-13(14)19-15(20)8-17/h2-7H,8H2,1H3. The fourth-order valence-electron chi connectivity index (χ4n) is 2.23. The number of rotatable bonds is 3. The van der Waals surface area contributed by atoms with Crippen LogP contribution in [-0.2, 0) is 5.88 Å². The first-order valence-electron chi connectivity index (χ1n) is 6.21. The molecule has 1 aromatic heterocycles. The van der Waals surface area contributed by atoms with E-state index in [-0.39, 0.29) is 11.7 Å². The van der Waals surface area contributed by atoms with Gasteiger partial charge in [0.2, 0.25) is 0 Å². The number of hydrogen-bond acceptors (Lipinski definition) is 2. The van der Waals surface area contributed by atoms with Crippen LogP contribution >= 0.6 is 27.5 Å². The van der Waals surface area contributed by atoms with Crippen molar-refractivity contribution in [3.8, 4) is 11.4 Å². The summed E-state index contributed by atoms with van der Waals surface area (Å²) < 4.78 is 21.2. The highest BCUT2D eigenvalue weighted by atomic mass is 79.9. The van der Waals surface area contributed by atoms with Crippen molar-refractivity contribution in [1.82, 2.24) is 9.55 Å². The monoisotopic (exact) mass is 368 g/mol. The third-order valence-electron chi connectivity index (χ3n) is 3.22. The maximum absolute atomic E-state index is 13.8. The fourth-order valence-corrected chi connectivity index (χ4v) is 2.74. The van der Waals surface area contributed by atoms with Gasteiger partial charge in [0.05, 0.1) is 28.5 Å². The highest BCUT2D eigenvalue weighted by molar-refractivity contribution is 9.10. The SMILES string of the molecule is COc1ccc(-n2c(CCl)nc3cc(Br)c(F)cc32)cc1. The van der Waals surface area contributed by atoms with E-state index in [1.165, 1.54) is 6.07 Å². The van der Waals surface area contributed by atoms with Gasteiger partial charge in [-0.1, -0.05) is 0 Å². The maximum Gasteiger partial charge on any atom is 0.139 e. The molecule has 0 saturated carbocycles. The number of hydrogen-bond donors (Lipinski definition) is 0. The molecule has 0 amide bonds. The average molecular weight is 370 g/mol. The van der Waals surface area contributed by atoms with Gasteiger partial charge in [0, 0.05) is 11.8 Å². The van der Waals surface area contributed by atoms with Crippen molar-refractivity contribution >= 4 is 38.6 Å². The molecule has 3 rings (SSSR count). The molecule has 0 radical (unpaired) electrons. The normalized spacial score (nSPS) is 11.0. The molecule has 21 heavy (non-hydrogen) atoms. The van der Waals surface area contributed by atoms with E-state index >= 15 is 0 Å². The number of halogens is 3. The molecule has 2 aromatic carbocycles. The van der Waals surface area contributed by atoms with Crippen molar-refractivity contribution in [1.29, 1.82) is 0 Å². The van der Waals surface area contributed by atoms with Crippen LogP contribution in [0.2, 0.25) is 0 Å². The predicted octanol–water partition coefficient (Wildman–Crippen LogP) is 4.67. The first-order valence-corrected chi connectivity index (χ1v) is 7.53. The molecular formula is C15H11BrClFN2O. The van der Waals surface area contributed by atoms with Gasteiger partial charge in [0.15, 0.2) is 0 Å². The van der Waals surface area contributed by atoms with Gasteiger partial charge in [-0.3, -0.25) is 4.57 Å². The molecule has 0 bridgehead atoms. The molecule has 0 unspecified atom stereocenters. The second kappa shape index (κ2) is 5.66. The topological polar surface area (TPSA) is 27.1 Å². The molecule has 0 saturated heterocycles. The molecule has 3 aromatic rings. The fraction of sp³-hybridized carbons (Fsp3) is 0.133. The van der Waals surface area contributed by atoms with Crippen LogP contribution in [0.15, 0.2) is 40.9 Å². The van der Waals surface area contributed by atoms with E-state index < -0.39 is 0 Å². The highest BCUT2D eigenvalue weighted by Crippen LogP contribution is 2.28. The van der Waals surface area contributed by atoms with E-state index in [9.17, 15) is 4.39 Å². The zero-order chi connectivity index (χ0) is 15.0. The Bertz CT molecular complexity index is 802. The smallest absolute Gasteiger partial charge is 0.139 e. The van der Waals surface area contributed by atoms with Gasteiger partial charge in [0.25, 0.3) is 0 Å². The number of methoxy groups -OCH3 is 1. The Hall–Kier alpha value is -1.59. The summed E-state index contributed by atoms with van der Waals surface area (Å²) in [6.07, 6.45) is 0. The molecule has 3 nitrogen and oxygen atoms in total. The molecule has 0 atom stereocenters. The Morgan fingerprint density at radius 1 is 1.29 bits per heavy atom. The van der Waals surface area contributed by atoms with Gasteiger partial charge in [-0.2, -0.15) is 0 Å². The van der Waals surface area contributed by atoms with E-state index in [1.807, 2.05) is 28.8 Å². The quantitative estimate of drug-likeness (QED) is 0.627. The van der Waals surface area contributed by atoms with E-state index in [0.29, 0.717) is 21.3 Å². The second-order valence-corrected chi connectivity index (χ2v) is 5.57. The number of imidazole rings is 1. The van der Waals surface area contributed by atoms with Crippen LogP contribution in [0.25, 0.3) is 16.7 Å². The van der Waals surface area contributed by atoms with Crippen LogP contribution < -0.4 is 4.74 Å². The van der Waals surface area contributed by atoms with Crippen LogP contribution in [0, 0.1) is 5.82 Å². The van der Waals surface area contributed by atoms with Crippen molar-refractivity contribution in [2.24, 2.45) is 0 Å². The lowest BCUT2D eigenvalue weighted by Crippen LogP contribution is -1.99. The summed E-state index contributed by atoms with van der Waals surface area (Å²) in [7, 11) is 1.61. The van der Waals surface area contributed by atoms with Gasteiger partial charge in [0.1, 0.15) is 17.4 Å². The number of fused-ring (bicyclic) bond motifs is 1. The summed E-state index contributed by atoms with van der Waals surface area (Å²) in [6, 6.07) is 10.6. The van der Waals surface area contributed by atoms with Crippen LogP contribution in [-0.4, -0.2) is 16.7 Å². The van der Waals surface area contributed by atoms with Crippen molar-refractivity contribution < 1.29 is 9.13 Å². The van der Waals surface area contributed by atoms with Gasteiger partial charge in [-0.15, -0.1) is 11.6 Å². The summed E-state index contributed by atoms with van der Waals surface area (Å²) in [5.74, 6) is 1.32. The van der Waals surface area contributed by atoms with E-state index in [0.717, 1.165) is 11.4 Å². The number of benzene rings is 2. The van der Waals surface area contributed by atoms with Crippen molar-refractivity contribution in [3.05, 3.63) is 52.5 Å². The Kier molecular flexibility index (Phi) is 3.87. The molecule has 108 valence electrons. The predicted molar refractivity (Wildman–Crippen MR) is 84.8 cm³/mol. The Morgan fingerprint density at radius 2 is 2.00 bits per heavy atom. The minimum Gasteiger partial charge on any atom is -0.497 e. The van der Waals surface area contributed by atoms with E-state index in [1.54, 1.807) is 13.2 Å². The third-order valence-corrected chi connectivity index (χ3v) is 4.06. The Labute approximate surface area is 134 Å². The lowest BCUT2D eigenvalue weighted by molar-refractivity contribution is 0.414. The van der Waals surface area contributed by atoms with Gasteiger partial charge in [-0.25, -0.2) is 9.37 Å². The summed E-state index contributed by atoms with van der Waals surface area (Å²) in [5, 5.41) is 0. The molecule has 1 heterocycles. The highest BCUT2D eigenvalue weighted by Gasteiger charge is 2.14. The first-order chi connectivity index (χ1) is 10.1. The second-order valence-electron chi connectivity index (χ2n) is 4.45. The van der Waals surface area contributed by atoms with E-state index in [4.69, 9.17) is 16.3 Å². The van der Waals surface area contributed by atoms with Gasteiger partial charge in [-0.05, 0) is 46.3 Å². The number of nitrogens with zero attached hydrogens (tertiary/aromatic N) is 2. The zero-order valence-corrected chi connectivity index (χ0v) is 13.4.